The maximum atomic E-state index is 9.49. The van der Waals surface area contributed by atoms with Gasteiger partial charge in [-0.1, -0.05) is 0 Å². The Kier molecular flexibility index (Phi) is 16.4. The summed E-state index contributed by atoms with van der Waals surface area (Å²) >= 11 is -11.8. The summed E-state index contributed by atoms with van der Waals surface area (Å²) in [4.78, 5) is 0. The summed E-state index contributed by atoms with van der Waals surface area (Å²) in [6, 6.07) is 0. The summed E-state index contributed by atoms with van der Waals surface area (Å²) in [6.07, 6.45) is 0. The van der Waals surface area contributed by atoms with Crippen LogP contribution in [-0.2, 0) is 55.7 Å². The third kappa shape index (κ3) is 56.2. The van der Waals surface area contributed by atoms with E-state index in [4.69, 9.17) is 21.7 Å². The molecule has 0 unspecified atom stereocenters. The standard InChI is InChI=1S/2Cr.2Na.H2O4S.H2O.6O/c;;;;1-5(2,3)4;;;;;;;/h;;;;(H2,1,2,3,4);1H2;;;;;;/q;3*+1;;;;;;;;-1/p-2. The first-order chi connectivity index (χ1) is 5.71. The summed E-state index contributed by atoms with van der Waals surface area (Å²) in [5.74, 6) is 0. The van der Waals surface area contributed by atoms with Crippen LogP contribution in [-0.4, -0.2) is 21.7 Å². The summed E-state index contributed by atoms with van der Waals surface area (Å²) in [6.45, 7) is 0. The molecule has 0 aromatic heterocycles. The molecule has 0 aliphatic heterocycles. The molecule has 88 valence electrons. The molecule has 0 saturated heterocycles. The van der Waals surface area contributed by atoms with Gasteiger partial charge in [-0.3, -0.25) is 4.55 Å². The first kappa shape index (κ1) is 26.6. The second-order valence-electron chi connectivity index (χ2n) is 1.33. The normalized spacial score (nSPS) is 11.2. The van der Waals surface area contributed by atoms with Crippen molar-refractivity contribution in [2.75, 3.05) is 0 Å². The van der Waals surface area contributed by atoms with E-state index < -0.39 is 37.6 Å². The Labute approximate surface area is 138 Å². The molecule has 0 radical (unpaired) electrons. The van der Waals surface area contributed by atoms with Gasteiger partial charge in [-0.2, -0.15) is 0 Å². The minimum atomic E-state index is -6.01. The maximum absolute atomic E-state index is 9.49. The SMILES string of the molecule is O=S(=O)([O-])O.[Na+].[Na+].[O]=[Cr](=[O])([O-])[O][Cr](=[O])(=[O])[OH]. The Bertz CT molecular complexity index is 414. The van der Waals surface area contributed by atoms with Crippen LogP contribution in [0.2, 0.25) is 0 Å². The van der Waals surface area contributed by atoms with Gasteiger partial charge in [-0.05, 0) is 0 Å². The molecule has 16 heteroatoms. The first-order valence-corrected chi connectivity index (χ1v) is 7.61. The van der Waals surface area contributed by atoms with Crippen LogP contribution in [0.4, 0.5) is 0 Å². The van der Waals surface area contributed by atoms with Crippen molar-refractivity contribution < 1.29 is 130 Å². The molecular weight excluding hydrogens is 358 g/mol. The van der Waals surface area contributed by atoms with Gasteiger partial charge in [0.25, 0.3) is 0 Å². The number of rotatable bonds is 2. The van der Waals surface area contributed by atoms with Crippen molar-refractivity contribution in [3.63, 3.8) is 0 Å². The monoisotopic (exact) mass is 360 g/mol. The second kappa shape index (κ2) is 9.88. The van der Waals surface area contributed by atoms with E-state index in [-0.39, 0.29) is 59.1 Å². The average Bonchev–Trinajstić information content (AvgIpc) is 1.42. The van der Waals surface area contributed by atoms with Gasteiger partial charge in [0.05, 0.1) is 0 Å². The molecule has 0 saturated carbocycles. The van der Waals surface area contributed by atoms with Gasteiger partial charge in [-0.15, -0.1) is 0 Å². The van der Waals surface area contributed by atoms with E-state index in [1.807, 2.05) is 0 Å². The number of hydrogen-bond donors (Lipinski definition) is 2. The van der Waals surface area contributed by atoms with E-state index >= 15 is 0 Å². The van der Waals surface area contributed by atoms with Gasteiger partial charge in [-0.25, -0.2) is 8.42 Å². The minimum absolute atomic E-state index is 0. The van der Waals surface area contributed by atoms with Crippen molar-refractivity contribution in [3.8, 4) is 0 Å². The molecular formula is H2Cr2Na2O11S. The van der Waals surface area contributed by atoms with E-state index in [0.717, 1.165) is 0 Å². The average molecular weight is 360 g/mol. The van der Waals surface area contributed by atoms with Crippen molar-refractivity contribution in [3.05, 3.63) is 0 Å². The molecule has 11 nitrogen and oxygen atoms in total. The zero-order valence-electron chi connectivity index (χ0n) is 7.79. The van der Waals surface area contributed by atoms with Crippen LogP contribution in [0.5, 0.6) is 0 Å². The molecule has 0 amide bonds. The van der Waals surface area contributed by atoms with Crippen LogP contribution in [0, 0.1) is 0 Å². The zero-order valence-corrected chi connectivity index (χ0v) is 15.2. The van der Waals surface area contributed by atoms with Gasteiger partial charge in [0.2, 0.25) is 10.4 Å². The van der Waals surface area contributed by atoms with Crippen LogP contribution < -0.4 is 63.3 Å². The quantitative estimate of drug-likeness (QED) is 0.269. The topological polar surface area (TPSA) is 198 Å². The molecule has 0 aromatic rings. The Balaban J connectivity index is -0.0000000904. The van der Waals surface area contributed by atoms with E-state index in [9.17, 15) is 19.4 Å². The van der Waals surface area contributed by atoms with Crippen molar-refractivity contribution in [1.82, 2.24) is 0 Å². The molecule has 2 N–H and O–H groups in total. The fraction of sp³-hybridized carbons (Fsp3) is 0. The van der Waals surface area contributed by atoms with E-state index in [1.165, 1.54) is 0 Å². The van der Waals surface area contributed by atoms with Crippen molar-refractivity contribution in [2.45, 2.75) is 0 Å². The molecule has 0 heterocycles. The van der Waals surface area contributed by atoms with Crippen molar-refractivity contribution >= 4 is 10.4 Å². The third-order valence-corrected chi connectivity index (χ3v) is 2.88. The van der Waals surface area contributed by atoms with Gasteiger partial charge in [0.15, 0.2) is 0 Å². The van der Waals surface area contributed by atoms with E-state index in [2.05, 4.69) is 2.84 Å². The van der Waals surface area contributed by atoms with Crippen LogP contribution in [0.3, 0.4) is 0 Å². The van der Waals surface area contributed by atoms with Crippen molar-refractivity contribution in [1.29, 1.82) is 0 Å². The zero-order chi connectivity index (χ0) is 12.2. The van der Waals surface area contributed by atoms with Crippen LogP contribution in [0.1, 0.15) is 0 Å². The summed E-state index contributed by atoms with van der Waals surface area (Å²) in [5, 5.41) is 0. The molecule has 0 aromatic carbocycles. The predicted octanol–water partition coefficient (Wildman–Crippen LogP) is -9.28. The van der Waals surface area contributed by atoms with Gasteiger partial charge < -0.3 is 4.55 Å². The molecule has 0 rings (SSSR count). The molecule has 0 bridgehead atoms. The second-order valence-corrected chi connectivity index (χ2v) is 5.89. The fourth-order valence-corrected chi connectivity index (χ4v) is 1.79. The van der Waals surface area contributed by atoms with Gasteiger partial charge in [0.1, 0.15) is 0 Å². The van der Waals surface area contributed by atoms with Gasteiger partial charge in [0, 0.05) is 0 Å². The molecule has 0 spiro atoms. The number of hydrogen-bond acceptors (Lipinski definition) is 9. The van der Waals surface area contributed by atoms with Crippen LogP contribution in [0.15, 0.2) is 0 Å². The molecule has 0 fully saturated rings. The Hall–Kier alpha value is 2.01. The predicted molar refractivity (Wildman–Crippen MR) is 18.4 cm³/mol. The van der Waals surface area contributed by atoms with E-state index in [0.29, 0.717) is 0 Å². The molecule has 0 atom stereocenters. The van der Waals surface area contributed by atoms with Crippen LogP contribution in [0.25, 0.3) is 0 Å². The van der Waals surface area contributed by atoms with Crippen LogP contribution >= 0.6 is 0 Å². The third-order valence-electron chi connectivity index (χ3n) is 0.169. The molecule has 0 aliphatic rings. The summed E-state index contributed by atoms with van der Waals surface area (Å²) in [7, 11) is -4.92. The van der Waals surface area contributed by atoms with E-state index in [1.54, 1.807) is 0 Å². The molecule has 16 heavy (non-hydrogen) atoms. The van der Waals surface area contributed by atoms with Crippen molar-refractivity contribution in [2.24, 2.45) is 0 Å². The fourth-order valence-electron chi connectivity index (χ4n) is 0.105. The molecule has 0 aliphatic carbocycles. The Morgan fingerprint density at radius 1 is 1.06 bits per heavy atom. The summed E-state index contributed by atoms with van der Waals surface area (Å²) in [5.41, 5.74) is 0. The summed E-state index contributed by atoms with van der Waals surface area (Å²) < 4.78 is 90.4. The first-order valence-electron chi connectivity index (χ1n) is 2.03. The Morgan fingerprint density at radius 3 is 1.25 bits per heavy atom. The van der Waals surface area contributed by atoms with Gasteiger partial charge >= 0.3 is 113 Å². The Morgan fingerprint density at radius 2 is 1.25 bits per heavy atom.